The van der Waals surface area contributed by atoms with Crippen molar-refractivity contribution in [2.45, 2.75) is 50.2 Å². The van der Waals surface area contributed by atoms with Gasteiger partial charge in [-0.2, -0.15) is 0 Å². The van der Waals surface area contributed by atoms with Crippen molar-refractivity contribution in [2.75, 3.05) is 6.61 Å². The molecule has 3 rings (SSSR count). The predicted molar refractivity (Wildman–Crippen MR) is 110 cm³/mol. The van der Waals surface area contributed by atoms with Crippen LogP contribution in [0.25, 0.3) is 0 Å². The van der Waals surface area contributed by atoms with Gasteiger partial charge in [0.25, 0.3) is 0 Å². The maximum atomic E-state index is 13.0. The Balaban J connectivity index is 1.66. The van der Waals surface area contributed by atoms with Crippen molar-refractivity contribution in [2.24, 2.45) is 0 Å². The fourth-order valence-electron chi connectivity index (χ4n) is 2.86. The SMILES string of the molecule is Cc1ccc(SC(=O)[C@H](NC(=O)OCc2ccccc2)[C@H]2COC(C)(C)O2)cc1. The smallest absolute Gasteiger partial charge is 0.408 e. The minimum Gasteiger partial charge on any atom is -0.445 e. The molecular formula is C22H25NO5S. The van der Waals surface area contributed by atoms with Gasteiger partial charge in [0.05, 0.1) is 6.61 Å². The number of amides is 1. The lowest BCUT2D eigenvalue weighted by Crippen LogP contribution is -2.49. The summed E-state index contributed by atoms with van der Waals surface area (Å²) in [6.07, 6.45) is -1.27. The van der Waals surface area contributed by atoms with Crippen molar-refractivity contribution >= 4 is 23.0 Å². The van der Waals surface area contributed by atoms with Gasteiger partial charge in [0, 0.05) is 4.90 Å². The Labute approximate surface area is 174 Å². The van der Waals surface area contributed by atoms with E-state index in [0.717, 1.165) is 27.8 Å². The number of benzene rings is 2. The van der Waals surface area contributed by atoms with Crippen LogP contribution in [0.4, 0.5) is 4.79 Å². The Bertz CT molecular complexity index is 838. The van der Waals surface area contributed by atoms with Crippen LogP contribution >= 0.6 is 11.8 Å². The first-order valence-corrected chi connectivity index (χ1v) is 10.2. The van der Waals surface area contributed by atoms with E-state index in [9.17, 15) is 9.59 Å². The molecule has 0 radical (unpaired) electrons. The third-order valence-corrected chi connectivity index (χ3v) is 5.34. The maximum Gasteiger partial charge on any atom is 0.408 e. The number of rotatable bonds is 6. The molecule has 1 aliphatic heterocycles. The highest BCUT2D eigenvalue weighted by atomic mass is 32.2. The number of thioether (sulfide) groups is 1. The molecule has 1 heterocycles. The summed E-state index contributed by atoms with van der Waals surface area (Å²) in [4.78, 5) is 26.1. The minimum atomic E-state index is -0.897. The second kappa shape index (κ2) is 9.43. The van der Waals surface area contributed by atoms with Crippen molar-refractivity contribution in [3.63, 3.8) is 0 Å². The van der Waals surface area contributed by atoms with Crippen LogP contribution in [0, 0.1) is 6.92 Å². The molecule has 1 amide bonds. The fourth-order valence-corrected chi connectivity index (χ4v) is 3.70. The Morgan fingerprint density at radius 2 is 1.86 bits per heavy atom. The molecule has 0 aliphatic carbocycles. The summed E-state index contributed by atoms with van der Waals surface area (Å²) in [7, 11) is 0. The average Bonchev–Trinajstić information content (AvgIpc) is 3.06. The van der Waals surface area contributed by atoms with Crippen molar-refractivity contribution in [1.82, 2.24) is 5.32 Å². The van der Waals surface area contributed by atoms with E-state index in [1.807, 2.05) is 61.5 Å². The van der Waals surface area contributed by atoms with Crippen molar-refractivity contribution in [1.29, 1.82) is 0 Å². The molecule has 0 spiro atoms. The lowest BCUT2D eigenvalue weighted by molar-refractivity contribution is -0.143. The molecule has 6 nitrogen and oxygen atoms in total. The molecule has 1 fully saturated rings. The molecule has 29 heavy (non-hydrogen) atoms. The van der Waals surface area contributed by atoms with Gasteiger partial charge in [0.15, 0.2) is 5.79 Å². The number of carbonyl (C=O) groups excluding carboxylic acids is 2. The van der Waals surface area contributed by atoms with Crippen LogP contribution < -0.4 is 5.32 Å². The molecule has 1 N–H and O–H groups in total. The Kier molecular flexibility index (Phi) is 6.95. The highest BCUT2D eigenvalue weighted by Gasteiger charge is 2.41. The van der Waals surface area contributed by atoms with E-state index in [0.29, 0.717) is 0 Å². The summed E-state index contributed by atoms with van der Waals surface area (Å²) in [6, 6.07) is 16.1. The minimum absolute atomic E-state index is 0.117. The van der Waals surface area contributed by atoms with Crippen LogP contribution in [0.3, 0.4) is 0 Å². The third-order valence-electron chi connectivity index (χ3n) is 4.38. The number of nitrogens with one attached hydrogen (secondary N) is 1. The van der Waals surface area contributed by atoms with E-state index >= 15 is 0 Å². The number of alkyl carbamates (subject to hydrolysis) is 1. The first-order valence-electron chi connectivity index (χ1n) is 9.40. The molecular weight excluding hydrogens is 390 g/mol. The van der Waals surface area contributed by atoms with Gasteiger partial charge in [-0.25, -0.2) is 4.79 Å². The maximum absolute atomic E-state index is 13.0. The largest absolute Gasteiger partial charge is 0.445 e. The number of carbonyl (C=O) groups is 2. The molecule has 2 aromatic rings. The van der Waals surface area contributed by atoms with Gasteiger partial charge in [0.2, 0.25) is 5.12 Å². The zero-order valence-corrected chi connectivity index (χ0v) is 17.5. The van der Waals surface area contributed by atoms with Crippen LogP contribution in [0.15, 0.2) is 59.5 Å². The average molecular weight is 416 g/mol. The number of hydrogen-bond donors (Lipinski definition) is 1. The fraction of sp³-hybridized carbons (Fsp3) is 0.364. The Hall–Kier alpha value is -2.35. The quantitative estimate of drug-likeness (QED) is 0.717. The number of ether oxygens (including phenoxy) is 3. The lowest BCUT2D eigenvalue weighted by Gasteiger charge is -2.23. The highest BCUT2D eigenvalue weighted by molar-refractivity contribution is 8.13. The summed E-state index contributed by atoms with van der Waals surface area (Å²) < 4.78 is 16.7. The van der Waals surface area contributed by atoms with Crippen molar-refractivity contribution < 1.29 is 23.8 Å². The monoisotopic (exact) mass is 415 g/mol. The first kappa shape index (κ1) is 21.4. The second-order valence-corrected chi connectivity index (χ2v) is 8.36. The highest BCUT2D eigenvalue weighted by Crippen LogP contribution is 2.28. The Morgan fingerprint density at radius 3 is 2.48 bits per heavy atom. The van der Waals surface area contributed by atoms with Crippen molar-refractivity contribution in [3.8, 4) is 0 Å². The van der Waals surface area contributed by atoms with Gasteiger partial charge in [0.1, 0.15) is 18.8 Å². The molecule has 0 saturated carbocycles. The summed E-state index contributed by atoms with van der Waals surface area (Å²) in [5.74, 6) is -0.812. The first-order chi connectivity index (χ1) is 13.8. The van der Waals surface area contributed by atoms with Crippen LogP contribution in [0.5, 0.6) is 0 Å². The van der Waals surface area contributed by atoms with E-state index in [2.05, 4.69) is 5.32 Å². The van der Waals surface area contributed by atoms with Crippen LogP contribution in [-0.4, -0.2) is 35.7 Å². The van der Waals surface area contributed by atoms with Gasteiger partial charge in [-0.3, -0.25) is 4.79 Å². The molecule has 2 atom stereocenters. The number of aryl methyl sites for hydroxylation is 1. The van der Waals surface area contributed by atoms with Gasteiger partial charge in [-0.1, -0.05) is 48.0 Å². The Morgan fingerprint density at radius 1 is 1.17 bits per heavy atom. The molecule has 7 heteroatoms. The van der Waals surface area contributed by atoms with E-state index in [4.69, 9.17) is 14.2 Å². The van der Waals surface area contributed by atoms with E-state index < -0.39 is 24.0 Å². The predicted octanol–water partition coefficient (Wildman–Crippen LogP) is 4.06. The van der Waals surface area contributed by atoms with Crippen LogP contribution in [0.1, 0.15) is 25.0 Å². The third kappa shape index (κ3) is 6.32. The molecule has 0 bridgehead atoms. The molecule has 1 aliphatic rings. The normalized spacial score (nSPS) is 18.8. The standard InChI is InChI=1S/C22H25NO5S/c1-15-9-11-17(12-10-15)29-20(24)19(18-14-27-22(2,3)28-18)23-21(25)26-13-16-7-5-4-6-8-16/h4-12,18-19H,13-14H2,1-3H3,(H,23,25)/t18-,19-/m1/s1. The van der Waals surface area contributed by atoms with Gasteiger partial charge >= 0.3 is 6.09 Å². The van der Waals surface area contributed by atoms with Gasteiger partial charge in [-0.05, 0) is 50.2 Å². The van der Waals surface area contributed by atoms with E-state index in [1.54, 1.807) is 13.8 Å². The summed E-state index contributed by atoms with van der Waals surface area (Å²) in [5, 5.41) is 2.42. The van der Waals surface area contributed by atoms with Crippen LogP contribution in [-0.2, 0) is 25.6 Å². The molecule has 2 aromatic carbocycles. The van der Waals surface area contributed by atoms with Gasteiger partial charge < -0.3 is 19.5 Å². The van der Waals surface area contributed by atoms with E-state index in [-0.39, 0.29) is 18.3 Å². The second-order valence-electron chi connectivity index (χ2n) is 7.29. The summed E-state index contributed by atoms with van der Waals surface area (Å²) >= 11 is 1.06. The van der Waals surface area contributed by atoms with Crippen LogP contribution in [0.2, 0.25) is 0 Å². The zero-order valence-electron chi connectivity index (χ0n) is 16.7. The number of hydrogen-bond acceptors (Lipinski definition) is 6. The molecule has 0 aromatic heterocycles. The topological polar surface area (TPSA) is 73.9 Å². The van der Waals surface area contributed by atoms with Crippen molar-refractivity contribution in [3.05, 3.63) is 65.7 Å². The lowest BCUT2D eigenvalue weighted by atomic mass is 10.2. The van der Waals surface area contributed by atoms with E-state index in [1.165, 1.54) is 0 Å². The van der Waals surface area contributed by atoms with Gasteiger partial charge in [-0.15, -0.1) is 0 Å². The molecule has 1 saturated heterocycles. The molecule has 154 valence electrons. The zero-order chi connectivity index (χ0) is 20.9. The summed E-state index contributed by atoms with van der Waals surface area (Å²) in [6.45, 7) is 5.85. The summed E-state index contributed by atoms with van der Waals surface area (Å²) in [5.41, 5.74) is 1.97. The molecule has 0 unspecified atom stereocenters.